The smallest absolute Gasteiger partial charge is 0.317 e. The number of nitrogens with one attached hydrogen (secondary N) is 1. The van der Waals surface area contributed by atoms with Gasteiger partial charge in [-0.2, -0.15) is 0 Å². The number of hydrogen-bond donors (Lipinski definition) is 1. The van der Waals surface area contributed by atoms with E-state index in [0.29, 0.717) is 44.6 Å². The van der Waals surface area contributed by atoms with Crippen molar-refractivity contribution in [3.05, 3.63) is 0 Å². The Morgan fingerprint density at radius 2 is 1.67 bits per heavy atom. The summed E-state index contributed by atoms with van der Waals surface area (Å²) in [6.07, 6.45) is 5.08. The molecule has 3 rings (SSSR count). The molecule has 3 aliphatic rings. The fourth-order valence-electron chi connectivity index (χ4n) is 4.14. The molecule has 1 aliphatic carbocycles. The molecule has 0 aromatic heterocycles. The minimum atomic E-state index is -0.255. The molecular weight excluding hydrogens is 306 g/mol. The predicted octanol–water partition coefficient (Wildman–Crippen LogP) is 1.84. The van der Waals surface area contributed by atoms with Gasteiger partial charge in [-0.15, -0.1) is 0 Å². The van der Waals surface area contributed by atoms with Crippen LogP contribution in [-0.4, -0.2) is 66.7 Å². The standard InChI is InChI=1S/C18H31N3O3/c1-13-5-3-6-15(14(13)2)19-18(23)21-10-8-20(9-11-21)17(22)16-7-4-12-24-16/h13-16H,3-12H2,1-2H3,(H,19,23)/t13-,14-,15+,16+/m1/s1. The van der Waals surface area contributed by atoms with Crippen LogP contribution in [0.4, 0.5) is 4.79 Å². The Balaban J connectivity index is 1.45. The van der Waals surface area contributed by atoms with E-state index in [0.717, 1.165) is 19.3 Å². The Bertz CT molecular complexity index is 456. The molecule has 136 valence electrons. The minimum absolute atomic E-state index is 0.0326. The second-order valence-corrected chi connectivity index (χ2v) is 7.64. The third kappa shape index (κ3) is 3.85. The van der Waals surface area contributed by atoms with Crippen LogP contribution in [0, 0.1) is 11.8 Å². The molecule has 0 bridgehead atoms. The molecule has 1 N–H and O–H groups in total. The quantitative estimate of drug-likeness (QED) is 0.836. The number of hydrogen-bond acceptors (Lipinski definition) is 3. The Labute approximate surface area is 144 Å². The fraction of sp³-hybridized carbons (Fsp3) is 0.889. The number of ether oxygens (including phenoxy) is 1. The summed E-state index contributed by atoms with van der Waals surface area (Å²) < 4.78 is 5.48. The third-order valence-corrected chi connectivity index (χ3v) is 6.10. The Morgan fingerprint density at radius 1 is 0.958 bits per heavy atom. The number of nitrogens with zero attached hydrogens (tertiary/aromatic N) is 2. The van der Waals surface area contributed by atoms with Crippen LogP contribution in [0.1, 0.15) is 46.0 Å². The largest absolute Gasteiger partial charge is 0.368 e. The third-order valence-electron chi connectivity index (χ3n) is 6.10. The molecule has 3 fully saturated rings. The van der Waals surface area contributed by atoms with Crippen LogP contribution >= 0.6 is 0 Å². The minimum Gasteiger partial charge on any atom is -0.368 e. The molecule has 4 atom stereocenters. The summed E-state index contributed by atoms with van der Waals surface area (Å²) in [4.78, 5) is 28.6. The molecule has 0 aromatic rings. The fourth-order valence-corrected chi connectivity index (χ4v) is 4.14. The monoisotopic (exact) mass is 337 g/mol. The molecule has 2 heterocycles. The number of urea groups is 1. The van der Waals surface area contributed by atoms with Gasteiger partial charge in [0.1, 0.15) is 6.10 Å². The summed E-state index contributed by atoms with van der Waals surface area (Å²) in [7, 11) is 0. The van der Waals surface area contributed by atoms with Crippen molar-refractivity contribution < 1.29 is 14.3 Å². The molecule has 1 saturated carbocycles. The lowest BCUT2D eigenvalue weighted by atomic mass is 9.78. The summed E-state index contributed by atoms with van der Waals surface area (Å²) in [5.41, 5.74) is 0. The van der Waals surface area contributed by atoms with E-state index in [4.69, 9.17) is 4.74 Å². The molecule has 3 amide bonds. The first-order valence-corrected chi connectivity index (χ1v) is 9.52. The lowest BCUT2D eigenvalue weighted by Crippen LogP contribution is -2.57. The average molecular weight is 337 g/mol. The van der Waals surface area contributed by atoms with Crippen LogP contribution < -0.4 is 5.32 Å². The van der Waals surface area contributed by atoms with Gasteiger partial charge in [0.25, 0.3) is 5.91 Å². The van der Waals surface area contributed by atoms with Gasteiger partial charge in [-0.3, -0.25) is 4.79 Å². The Hall–Kier alpha value is -1.30. The first kappa shape index (κ1) is 17.5. The number of carbonyl (C=O) groups is 2. The van der Waals surface area contributed by atoms with E-state index in [9.17, 15) is 9.59 Å². The van der Waals surface area contributed by atoms with E-state index < -0.39 is 0 Å². The topological polar surface area (TPSA) is 61.9 Å². The van der Waals surface area contributed by atoms with Gasteiger partial charge in [-0.25, -0.2) is 4.79 Å². The van der Waals surface area contributed by atoms with E-state index in [1.807, 2.05) is 9.80 Å². The first-order valence-electron chi connectivity index (χ1n) is 9.52. The maximum Gasteiger partial charge on any atom is 0.317 e. The summed E-state index contributed by atoms with van der Waals surface area (Å²) in [5, 5.41) is 3.23. The number of amides is 3. The highest BCUT2D eigenvalue weighted by molar-refractivity contribution is 5.81. The van der Waals surface area contributed by atoms with Crippen LogP contribution in [0.2, 0.25) is 0 Å². The van der Waals surface area contributed by atoms with Crippen LogP contribution in [0.3, 0.4) is 0 Å². The van der Waals surface area contributed by atoms with Crippen molar-refractivity contribution in [3.8, 4) is 0 Å². The van der Waals surface area contributed by atoms with Gasteiger partial charge in [-0.1, -0.05) is 26.7 Å². The van der Waals surface area contributed by atoms with E-state index in [-0.39, 0.29) is 24.1 Å². The van der Waals surface area contributed by atoms with E-state index in [1.54, 1.807) is 0 Å². The number of rotatable bonds is 2. The summed E-state index contributed by atoms with van der Waals surface area (Å²) >= 11 is 0. The highest BCUT2D eigenvalue weighted by Gasteiger charge is 2.33. The van der Waals surface area contributed by atoms with Crippen molar-refractivity contribution in [2.24, 2.45) is 11.8 Å². The van der Waals surface area contributed by atoms with Crippen molar-refractivity contribution in [2.45, 2.75) is 58.1 Å². The van der Waals surface area contributed by atoms with Gasteiger partial charge < -0.3 is 19.9 Å². The van der Waals surface area contributed by atoms with Crippen molar-refractivity contribution in [1.29, 1.82) is 0 Å². The lowest BCUT2D eigenvalue weighted by Gasteiger charge is -2.39. The van der Waals surface area contributed by atoms with Crippen LogP contribution in [0.15, 0.2) is 0 Å². The molecule has 2 saturated heterocycles. The summed E-state index contributed by atoms with van der Waals surface area (Å²) in [6.45, 7) is 7.66. The second-order valence-electron chi connectivity index (χ2n) is 7.64. The number of carbonyl (C=O) groups excluding carboxylic acids is 2. The average Bonchev–Trinajstić information content (AvgIpc) is 3.13. The molecule has 2 aliphatic heterocycles. The first-order chi connectivity index (χ1) is 11.6. The van der Waals surface area contributed by atoms with Gasteiger partial charge in [0.15, 0.2) is 0 Å². The zero-order valence-corrected chi connectivity index (χ0v) is 15.0. The maximum atomic E-state index is 12.5. The normalized spacial score (nSPS) is 34.2. The van der Waals surface area contributed by atoms with Crippen LogP contribution in [0.25, 0.3) is 0 Å². The molecule has 0 aromatic carbocycles. The van der Waals surface area contributed by atoms with E-state index in [1.165, 1.54) is 12.8 Å². The maximum absolute atomic E-state index is 12.5. The van der Waals surface area contributed by atoms with Crippen LogP contribution in [-0.2, 0) is 9.53 Å². The molecule has 24 heavy (non-hydrogen) atoms. The van der Waals surface area contributed by atoms with Crippen molar-refractivity contribution in [1.82, 2.24) is 15.1 Å². The predicted molar refractivity (Wildman–Crippen MR) is 91.6 cm³/mol. The Morgan fingerprint density at radius 3 is 2.33 bits per heavy atom. The molecule has 0 unspecified atom stereocenters. The molecule has 6 nitrogen and oxygen atoms in total. The zero-order chi connectivity index (χ0) is 17.1. The molecule has 0 spiro atoms. The van der Waals surface area contributed by atoms with Gasteiger partial charge >= 0.3 is 6.03 Å². The highest BCUT2D eigenvalue weighted by Crippen LogP contribution is 2.29. The van der Waals surface area contributed by atoms with Gasteiger partial charge in [-0.05, 0) is 31.1 Å². The van der Waals surface area contributed by atoms with Crippen molar-refractivity contribution in [3.63, 3.8) is 0 Å². The van der Waals surface area contributed by atoms with Gasteiger partial charge in [0, 0.05) is 38.8 Å². The van der Waals surface area contributed by atoms with E-state index >= 15 is 0 Å². The second kappa shape index (κ2) is 7.72. The Kier molecular flexibility index (Phi) is 5.64. The van der Waals surface area contributed by atoms with Crippen molar-refractivity contribution in [2.75, 3.05) is 32.8 Å². The molecule has 0 radical (unpaired) electrons. The number of piperazine rings is 1. The molecular formula is C18H31N3O3. The van der Waals surface area contributed by atoms with Gasteiger partial charge in [0.2, 0.25) is 0 Å². The van der Waals surface area contributed by atoms with E-state index in [2.05, 4.69) is 19.2 Å². The zero-order valence-electron chi connectivity index (χ0n) is 15.0. The van der Waals surface area contributed by atoms with Gasteiger partial charge in [0.05, 0.1) is 0 Å². The lowest BCUT2D eigenvalue weighted by molar-refractivity contribution is -0.142. The highest BCUT2D eigenvalue weighted by atomic mass is 16.5. The van der Waals surface area contributed by atoms with Crippen LogP contribution in [0.5, 0.6) is 0 Å². The SMILES string of the molecule is C[C@@H]1[C@H](C)CCC[C@@H]1NC(=O)N1CCN(C(=O)[C@@H]2CCCO2)CC1. The summed E-state index contributed by atoms with van der Waals surface area (Å²) in [6, 6.07) is 0.318. The van der Waals surface area contributed by atoms with Crippen molar-refractivity contribution >= 4 is 11.9 Å². The summed E-state index contributed by atoms with van der Waals surface area (Å²) in [5.74, 6) is 1.30. The molecule has 6 heteroatoms.